The highest BCUT2D eigenvalue weighted by Gasteiger charge is 2.58. The Morgan fingerprint density at radius 3 is 2.57 bits per heavy atom. The van der Waals surface area contributed by atoms with Gasteiger partial charge in [0.05, 0.1) is 7.11 Å². The number of methoxy groups -OCH3 is 1. The summed E-state index contributed by atoms with van der Waals surface area (Å²) in [6, 6.07) is 11.2. The van der Waals surface area contributed by atoms with Gasteiger partial charge in [-0.05, 0) is 32.0 Å². The lowest BCUT2D eigenvalue weighted by atomic mass is 9.73. The number of carbonyl (C=O) groups excluding carboxylic acids is 1. The van der Waals surface area contributed by atoms with Crippen LogP contribution in [0.3, 0.4) is 0 Å². The molecule has 0 spiro atoms. The van der Waals surface area contributed by atoms with Crippen LogP contribution in [0.5, 0.6) is 11.5 Å². The molecule has 4 rings (SSSR count). The first-order valence-corrected chi connectivity index (χ1v) is 9.26. The number of hydrogen-bond donors (Lipinski definition) is 1. The third kappa shape index (κ3) is 2.71. The van der Waals surface area contributed by atoms with Crippen LogP contribution >= 0.6 is 0 Å². The number of carbonyl (C=O) groups is 2. The second kappa shape index (κ2) is 6.55. The number of amides is 1. The molecule has 2 aromatic carbocycles. The summed E-state index contributed by atoms with van der Waals surface area (Å²) >= 11 is 0. The van der Waals surface area contributed by atoms with Crippen LogP contribution in [0.2, 0.25) is 0 Å². The van der Waals surface area contributed by atoms with E-state index >= 15 is 0 Å². The molecule has 1 fully saturated rings. The van der Waals surface area contributed by atoms with E-state index in [1.807, 2.05) is 44.2 Å². The van der Waals surface area contributed by atoms with Crippen molar-refractivity contribution in [2.75, 3.05) is 26.8 Å². The Labute approximate surface area is 163 Å². The Kier molecular flexibility index (Phi) is 4.29. The molecule has 2 aliphatic heterocycles. The number of hydrogen-bond acceptors (Lipinski definition) is 4. The average Bonchev–Trinajstić information content (AvgIpc) is 3.07. The van der Waals surface area contributed by atoms with Crippen LogP contribution in [-0.2, 0) is 4.79 Å². The highest BCUT2D eigenvalue weighted by molar-refractivity contribution is 5.96. The van der Waals surface area contributed by atoms with Gasteiger partial charge in [0.15, 0.2) is 11.5 Å². The standard InChI is InChI=1S/C22H23NO5/c1-13-7-14(2)9-15(8-13)20(24)23-10-17-16-5-4-6-18(27-3)19(16)28-12-22(17,11-23)21(25)26/h4-9,17H,10-12H2,1-3H3,(H,25,26)/t17-,22-/m1/s1. The van der Waals surface area contributed by atoms with E-state index < -0.39 is 11.4 Å². The minimum atomic E-state index is -1.16. The van der Waals surface area contributed by atoms with Crippen molar-refractivity contribution in [2.45, 2.75) is 19.8 Å². The average molecular weight is 381 g/mol. The van der Waals surface area contributed by atoms with Gasteiger partial charge in [0.25, 0.3) is 5.91 Å². The molecular formula is C22H23NO5. The molecule has 6 heteroatoms. The number of rotatable bonds is 3. The third-order valence-electron chi connectivity index (χ3n) is 5.80. The number of likely N-dealkylation sites (tertiary alicyclic amines) is 1. The van der Waals surface area contributed by atoms with Crippen molar-refractivity contribution >= 4 is 11.9 Å². The van der Waals surface area contributed by atoms with E-state index in [0.717, 1.165) is 16.7 Å². The fourth-order valence-electron chi connectivity index (χ4n) is 4.49. The lowest BCUT2D eigenvalue weighted by Gasteiger charge is -2.36. The Balaban J connectivity index is 1.74. The summed E-state index contributed by atoms with van der Waals surface area (Å²) in [4.78, 5) is 27.1. The number of ether oxygens (including phenoxy) is 2. The SMILES string of the molecule is COc1cccc2c1OC[C@]1(C(=O)O)CN(C(=O)c3cc(C)cc(C)c3)C[C@H]21. The van der Waals surface area contributed by atoms with Crippen molar-refractivity contribution < 1.29 is 24.2 Å². The minimum absolute atomic E-state index is 0.0109. The monoisotopic (exact) mass is 381 g/mol. The maximum absolute atomic E-state index is 13.2. The van der Waals surface area contributed by atoms with E-state index in [9.17, 15) is 14.7 Å². The van der Waals surface area contributed by atoms with Crippen molar-refractivity contribution in [3.8, 4) is 11.5 Å². The van der Waals surface area contributed by atoms with Crippen LogP contribution in [0.25, 0.3) is 0 Å². The van der Waals surface area contributed by atoms with E-state index in [1.54, 1.807) is 18.1 Å². The predicted molar refractivity (Wildman–Crippen MR) is 103 cm³/mol. The number of carboxylic acid groups (broad SMARTS) is 1. The Hall–Kier alpha value is -3.02. The topological polar surface area (TPSA) is 76.1 Å². The Morgan fingerprint density at radius 2 is 1.93 bits per heavy atom. The number of aliphatic carboxylic acids is 1. The molecule has 0 bridgehead atoms. The largest absolute Gasteiger partial charge is 0.493 e. The first-order chi connectivity index (χ1) is 13.4. The van der Waals surface area contributed by atoms with Gasteiger partial charge in [-0.1, -0.05) is 29.3 Å². The van der Waals surface area contributed by atoms with Gasteiger partial charge in [0, 0.05) is 30.1 Å². The second-order valence-corrected chi connectivity index (χ2v) is 7.74. The normalized spacial score (nSPS) is 22.8. The fraction of sp³-hybridized carbons (Fsp3) is 0.364. The van der Waals surface area contributed by atoms with E-state index in [2.05, 4.69) is 0 Å². The highest BCUT2D eigenvalue weighted by Crippen LogP contribution is 2.52. The van der Waals surface area contributed by atoms with Crippen LogP contribution in [0.15, 0.2) is 36.4 Å². The van der Waals surface area contributed by atoms with E-state index in [-0.39, 0.29) is 25.0 Å². The van der Waals surface area contributed by atoms with Crippen LogP contribution in [-0.4, -0.2) is 48.7 Å². The van der Waals surface area contributed by atoms with Gasteiger partial charge >= 0.3 is 5.97 Å². The molecule has 1 N–H and O–H groups in total. The zero-order valence-corrected chi connectivity index (χ0v) is 16.2. The van der Waals surface area contributed by atoms with Crippen LogP contribution < -0.4 is 9.47 Å². The molecule has 2 aliphatic rings. The van der Waals surface area contributed by atoms with Crippen molar-refractivity contribution in [3.05, 3.63) is 58.7 Å². The fourth-order valence-corrected chi connectivity index (χ4v) is 4.49. The molecule has 0 aromatic heterocycles. The Bertz CT molecular complexity index is 949. The molecule has 2 aromatic rings. The molecule has 6 nitrogen and oxygen atoms in total. The lowest BCUT2D eigenvalue weighted by molar-refractivity contribution is -0.151. The summed E-state index contributed by atoms with van der Waals surface area (Å²) in [7, 11) is 1.56. The predicted octanol–water partition coefficient (Wildman–Crippen LogP) is 3.02. The molecule has 28 heavy (non-hydrogen) atoms. The summed E-state index contributed by atoms with van der Waals surface area (Å²) < 4.78 is 11.2. The van der Waals surface area contributed by atoms with Gasteiger partial charge in [-0.25, -0.2) is 0 Å². The molecule has 1 saturated heterocycles. The van der Waals surface area contributed by atoms with E-state index in [4.69, 9.17) is 9.47 Å². The van der Waals surface area contributed by atoms with E-state index in [1.165, 1.54) is 0 Å². The van der Waals surface area contributed by atoms with Gasteiger partial charge in [0.2, 0.25) is 0 Å². The molecular weight excluding hydrogens is 358 g/mol. The minimum Gasteiger partial charge on any atom is -0.493 e. The van der Waals surface area contributed by atoms with Crippen molar-refractivity contribution in [2.24, 2.45) is 5.41 Å². The number of benzene rings is 2. The number of aryl methyl sites for hydroxylation is 2. The summed E-state index contributed by atoms with van der Waals surface area (Å²) in [5, 5.41) is 10.1. The first kappa shape index (κ1) is 18.3. The number of para-hydroxylation sites is 1. The maximum Gasteiger partial charge on any atom is 0.315 e. The maximum atomic E-state index is 13.2. The summed E-state index contributed by atoms with van der Waals surface area (Å²) in [5.74, 6) is -0.283. The van der Waals surface area contributed by atoms with Crippen molar-refractivity contribution in [1.29, 1.82) is 0 Å². The smallest absolute Gasteiger partial charge is 0.315 e. The summed E-state index contributed by atoms with van der Waals surface area (Å²) in [5.41, 5.74) is 2.22. The molecule has 146 valence electrons. The number of nitrogens with zero attached hydrogens (tertiary/aromatic N) is 1. The molecule has 0 saturated carbocycles. The Morgan fingerprint density at radius 1 is 1.21 bits per heavy atom. The molecule has 1 amide bonds. The van der Waals surface area contributed by atoms with Crippen LogP contribution in [0.1, 0.15) is 33.0 Å². The zero-order valence-electron chi connectivity index (χ0n) is 16.2. The van der Waals surface area contributed by atoms with Crippen LogP contribution in [0, 0.1) is 19.3 Å². The van der Waals surface area contributed by atoms with Crippen molar-refractivity contribution in [1.82, 2.24) is 4.90 Å². The van der Waals surface area contributed by atoms with Gasteiger partial charge in [-0.2, -0.15) is 0 Å². The molecule has 0 radical (unpaired) electrons. The summed E-state index contributed by atoms with van der Waals surface area (Å²) in [6.07, 6.45) is 0. The molecule has 0 unspecified atom stereocenters. The summed E-state index contributed by atoms with van der Waals surface area (Å²) in [6.45, 7) is 4.36. The molecule has 0 aliphatic carbocycles. The van der Waals surface area contributed by atoms with Gasteiger partial charge in [-0.15, -0.1) is 0 Å². The molecule has 2 atom stereocenters. The third-order valence-corrected chi connectivity index (χ3v) is 5.80. The number of carboxylic acids is 1. The molecule has 2 heterocycles. The van der Waals surface area contributed by atoms with Gasteiger partial charge < -0.3 is 19.5 Å². The van der Waals surface area contributed by atoms with Gasteiger partial charge in [-0.3, -0.25) is 9.59 Å². The van der Waals surface area contributed by atoms with Crippen molar-refractivity contribution in [3.63, 3.8) is 0 Å². The second-order valence-electron chi connectivity index (χ2n) is 7.74. The first-order valence-electron chi connectivity index (χ1n) is 9.26. The lowest BCUT2D eigenvalue weighted by Crippen LogP contribution is -2.46. The highest BCUT2D eigenvalue weighted by atomic mass is 16.5. The number of fused-ring (bicyclic) bond motifs is 3. The van der Waals surface area contributed by atoms with Crippen LogP contribution in [0.4, 0.5) is 0 Å². The van der Waals surface area contributed by atoms with Gasteiger partial charge in [0.1, 0.15) is 12.0 Å². The zero-order chi connectivity index (χ0) is 20.1. The van der Waals surface area contributed by atoms with E-state index in [0.29, 0.717) is 23.6 Å². The quantitative estimate of drug-likeness (QED) is 0.885.